The molecule has 0 bridgehead atoms. The van der Waals surface area contributed by atoms with Crippen molar-refractivity contribution in [2.24, 2.45) is 0 Å². The molecule has 4 rings (SSSR count). The van der Waals surface area contributed by atoms with Crippen molar-refractivity contribution in [1.29, 1.82) is 0 Å². The highest BCUT2D eigenvalue weighted by Crippen LogP contribution is 2.22. The van der Waals surface area contributed by atoms with Crippen LogP contribution < -0.4 is 24.2 Å². The molecule has 0 atom stereocenters. The van der Waals surface area contributed by atoms with Gasteiger partial charge in [-0.25, -0.2) is 8.42 Å². The molecule has 2 N–H and O–H groups in total. The van der Waals surface area contributed by atoms with E-state index in [9.17, 15) is 13.2 Å². The van der Waals surface area contributed by atoms with E-state index in [1.54, 1.807) is 12.1 Å². The van der Waals surface area contributed by atoms with E-state index in [2.05, 4.69) is 20.0 Å². The number of nitrogens with one attached hydrogen (secondary N) is 2. The molecule has 2 aromatic carbocycles. The Morgan fingerprint density at radius 1 is 0.921 bits per heavy atom. The monoisotopic (exact) mass is 538 g/mol. The predicted molar refractivity (Wildman–Crippen MR) is 139 cm³/mol. The molecule has 0 unspecified atom stereocenters. The molecule has 0 spiro atoms. The first-order valence-electron chi connectivity index (χ1n) is 11.4. The first-order valence-corrected chi connectivity index (χ1v) is 12.9. The van der Waals surface area contributed by atoms with Crippen molar-refractivity contribution in [1.82, 2.24) is 9.97 Å². The summed E-state index contributed by atoms with van der Waals surface area (Å²) in [6.45, 7) is 4.19. The summed E-state index contributed by atoms with van der Waals surface area (Å²) in [5, 5.41) is 2.68. The van der Waals surface area contributed by atoms with Gasteiger partial charge in [0.15, 0.2) is 11.6 Å². The molecule has 0 saturated heterocycles. The van der Waals surface area contributed by atoms with Crippen LogP contribution in [-0.2, 0) is 16.6 Å². The number of amides is 1. The van der Waals surface area contributed by atoms with Gasteiger partial charge < -0.3 is 23.9 Å². The number of benzene rings is 2. The van der Waals surface area contributed by atoms with Crippen molar-refractivity contribution < 1.29 is 31.8 Å². The number of carbonyl (C=O) groups is 1. The van der Waals surface area contributed by atoms with Crippen molar-refractivity contribution in [3.8, 4) is 17.6 Å². The Bertz CT molecular complexity index is 1530. The Balaban J connectivity index is 1.37. The summed E-state index contributed by atoms with van der Waals surface area (Å²) in [7, 11) is -1.25. The minimum Gasteiger partial charge on any atom is -0.486 e. The Morgan fingerprint density at radius 2 is 1.68 bits per heavy atom. The summed E-state index contributed by atoms with van der Waals surface area (Å²) in [5.41, 5.74) is 2.66. The zero-order valence-electron chi connectivity index (χ0n) is 21.1. The number of ether oxygens (including phenoxy) is 3. The molecule has 2 aromatic heterocycles. The number of sulfonamides is 1. The average Bonchev–Trinajstić information content (AvgIpc) is 3.38. The van der Waals surface area contributed by atoms with Gasteiger partial charge in [-0.15, -0.1) is 0 Å². The van der Waals surface area contributed by atoms with Gasteiger partial charge in [0.1, 0.15) is 18.1 Å². The largest absolute Gasteiger partial charge is 0.486 e. The fraction of sp³-hybridized carbons (Fsp3) is 0.192. The third kappa shape index (κ3) is 6.40. The van der Waals surface area contributed by atoms with Crippen LogP contribution in [0, 0.1) is 13.8 Å². The Kier molecular flexibility index (Phi) is 7.82. The lowest BCUT2D eigenvalue weighted by molar-refractivity contribution is 0.0992. The number of aryl methyl sites for hydroxylation is 2. The number of hydrogen-bond acceptors (Lipinski definition) is 9. The van der Waals surface area contributed by atoms with Crippen LogP contribution in [0.15, 0.2) is 70.0 Å². The van der Waals surface area contributed by atoms with Crippen LogP contribution >= 0.6 is 0 Å². The molecule has 0 aliphatic carbocycles. The Hall–Kier alpha value is -4.58. The molecule has 11 nitrogen and oxygen atoms in total. The fourth-order valence-electron chi connectivity index (χ4n) is 3.29. The van der Waals surface area contributed by atoms with Gasteiger partial charge in [0.2, 0.25) is 5.88 Å². The summed E-state index contributed by atoms with van der Waals surface area (Å²) in [5.74, 6) is 0.897. The first kappa shape index (κ1) is 26.5. The topological polar surface area (TPSA) is 142 Å². The Labute approximate surface area is 219 Å². The lowest BCUT2D eigenvalue weighted by Gasteiger charge is -2.10. The third-order valence-corrected chi connectivity index (χ3v) is 6.85. The standard InChI is InChI=1S/C26H26N4O7S/c1-16-5-8-19(13-17(16)2)36-15-20-9-12-22(37-20)25(31)27-18-6-10-21(11-7-18)38(32,33)30-23-14-24(34-3)29-26(28-23)35-4/h5-14H,15H2,1-4H3,(H,27,31)(H,28,29,30). The average molecular weight is 539 g/mol. The maximum absolute atomic E-state index is 12.8. The maximum atomic E-state index is 12.8. The zero-order valence-corrected chi connectivity index (χ0v) is 22.0. The summed E-state index contributed by atoms with van der Waals surface area (Å²) in [6, 6.07) is 15.9. The number of aromatic nitrogens is 2. The lowest BCUT2D eigenvalue weighted by atomic mass is 10.1. The van der Waals surface area contributed by atoms with Gasteiger partial charge in [0, 0.05) is 11.8 Å². The molecule has 0 fully saturated rings. The molecule has 38 heavy (non-hydrogen) atoms. The minimum absolute atomic E-state index is 0.0267. The highest BCUT2D eigenvalue weighted by atomic mass is 32.2. The highest BCUT2D eigenvalue weighted by molar-refractivity contribution is 7.92. The van der Waals surface area contributed by atoms with Gasteiger partial charge in [-0.3, -0.25) is 9.52 Å². The van der Waals surface area contributed by atoms with E-state index < -0.39 is 15.9 Å². The van der Waals surface area contributed by atoms with Crippen LogP contribution in [0.5, 0.6) is 17.6 Å². The molecular formula is C26H26N4O7S. The van der Waals surface area contributed by atoms with Crippen molar-refractivity contribution in [2.75, 3.05) is 24.3 Å². The minimum atomic E-state index is -3.99. The summed E-state index contributed by atoms with van der Waals surface area (Å²) in [6.07, 6.45) is 0. The van der Waals surface area contributed by atoms with Gasteiger partial charge in [-0.2, -0.15) is 9.97 Å². The number of nitrogens with zero attached hydrogens (tertiary/aromatic N) is 2. The van der Waals surface area contributed by atoms with Crippen molar-refractivity contribution in [3.63, 3.8) is 0 Å². The van der Waals surface area contributed by atoms with E-state index in [0.717, 1.165) is 5.56 Å². The number of methoxy groups -OCH3 is 2. The van der Waals surface area contributed by atoms with Crippen LogP contribution in [0.25, 0.3) is 0 Å². The van der Waals surface area contributed by atoms with E-state index in [0.29, 0.717) is 17.2 Å². The first-order chi connectivity index (χ1) is 18.2. The molecule has 0 saturated carbocycles. The molecule has 2 heterocycles. The normalized spacial score (nSPS) is 11.1. The van der Waals surface area contributed by atoms with E-state index in [1.165, 1.54) is 50.1 Å². The molecule has 0 aliphatic rings. The van der Waals surface area contributed by atoms with Crippen LogP contribution in [0.4, 0.5) is 11.5 Å². The van der Waals surface area contributed by atoms with Gasteiger partial charge in [-0.05, 0) is 73.5 Å². The van der Waals surface area contributed by atoms with Crippen LogP contribution in [-0.4, -0.2) is 38.5 Å². The second-order valence-corrected chi connectivity index (χ2v) is 9.85. The smallest absolute Gasteiger partial charge is 0.321 e. The van der Waals surface area contributed by atoms with Crippen molar-refractivity contribution >= 4 is 27.4 Å². The lowest BCUT2D eigenvalue weighted by Crippen LogP contribution is -2.15. The number of furan rings is 1. The summed E-state index contributed by atoms with van der Waals surface area (Å²) in [4.78, 5) is 20.5. The molecule has 1 amide bonds. The second kappa shape index (κ2) is 11.2. The van der Waals surface area contributed by atoms with Gasteiger partial charge in [0.05, 0.1) is 19.1 Å². The molecule has 0 radical (unpaired) electrons. The zero-order chi connectivity index (χ0) is 27.3. The SMILES string of the molecule is COc1cc(NS(=O)(=O)c2ccc(NC(=O)c3ccc(COc4ccc(C)c(C)c4)o3)cc2)nc(OC)n1. The summed E-state index contributed by atoms with van der Waals surface area (Å²) < 4.78 is 49.3. The molecule has 12 heteroatoms. The van der Waals surface area contributed by atoms with E-state index in [4.69, 9.17) is 18.6 Å². The number of hydrogen-bond donors (Lipinski definition) is 2. The molecule has 198 valence electrons. The van der Waals surface area contributed by atoms with Crippen molar-refractivity contribution in [3.05, 3.63) is 83.3 Å². The highest BCUT2D eigenvalue weighted by Gasteiger charge is 2.18. The van der Waals surface area contributed by atoms with Crippen LogP contribution in [0.2, 0.25) is 0 Å². The molecule has 4 aromatic rings. The predicted octanol–water partition coefficient (Wildman–Crippen LogP) is 4.34. The van der Waals surface area contributed by atoms with Crippen LogP contribution in [0.1, 0.15) is 27.4 Å². The number of anilines is 2. The second-order valence-electron chi connectivity index (χ2n) is 8.17. The Morgan fingerprint density at radius 3 is 2.37 bits per heavy atom. The van der Waals surface area contributed by atoms with Crippen LogP contribution in [0.3, 0.4) is 0 Å². The quantitative estimate of drug-likeness (QED) is 0.302. The van der Waals surface area contributed by atoms with E-state index >= 15 is 0 Å². The number of rotatable bonds is 10. The van der Waals surface area contributed by atoms with Gasteiger partial charge in [-0.1, -0.05) is 6.07 Å². The number of carbonyl (C=O) groups excluding carboxylic acids is 1. The fourth-order valence-corrected chi connectivity index (χ4v) is 4.29. The van der Waals surface area contributed by atoms with Gasteiger partial charge in [0.25, 0.3) is 15.9 Å². The van der Waals surface area contributed by atoms with Gasteiger partial charge >= 0.3 is 6.01 Å². The third-order valence-electron chi connectivity index (χ3n) is 5.48. The van der Waals surface area contributed by atoms with Crippen molar-refractivity contribution in [2.45, 2.75) is 25.3 Å². The molecule has 0 aliphatic heterocycles. The maximum Gasteiger partial charge on any atom is 0.321 e. The molecular weight excluding hydrogens is 512 g/mol. The van der Waals surface area contributed by atoms with E-state index in [-0.39, 0.29) is 35.0 Å². The summed E-state index contributed by atoms with van der Waals surface area (Å²) >= 11 is 0. The van der Waals surface area contributed by atoms with E-state index in [1.807, 2.05) is 32.0 Å².